The Hall–Kier alpha value is -3.00. The lowest BCUT2D eigenvalue weighted by Crippen LogP contribution is -2.48. The number of anilines is 1. The van der Waals surface area contributed by atoms with Crippen LogP contribution in [0.2, 0.25) is 0 Å². The minimum atomic E-state index is 0.0400. The Kier molecular flexibility index (Phi) is 6.99. The number of hydrogen-bond acceptors (Lipinski definition) is 7. The summed E-state index contributed by atoms with van der Waals surface area (Å²) in [5.74, 6) is 2.32. The fourth-order valence-electron chi connectivity index (χ4n) is 3.75. The smallest absolute Gasteiger partial charge is 0.254 e. The molecule has 1 aromatic heterocycles. The van der Waals surface area contributed by atoms with E-state index in [9.17, 15) is 4.79 Å². The van der Waals surface area contributed by atoms with Crippen LogP contribution in [0, 0.1) is 0 Å². The molecule has 170 valence electrons. The van der Waals surface area contributed by atoms with Gasteiger partial charge in [-0.25, -0.2) is 4.98 Å². The predicted octanol–water partition coefficient (Wildman–Crippen LogP) is 4.45. The van der Waals surface area contributed by atoms with Crippen LogP contribution in [0.1, 0.15) is 30.1 Å². The zero-order valence-corrected chi connectivity index (χ0v) is 19.6. The zero-order valence-electron chi connectivity index (χ0n) is 18.8. The van der Waals surface area contributed by atoms with Gasteiger partial charge in [0.2, 0.25) is 0 Å². The Bertz CT molecular complexity index is 1040. The van der Waals surface area contributed by atoms with Gasteiger partial charge in [-0.3, -0.25) is 4.79 Å². The number of aromatic nitrogens is 1. The Morgan fingerprint density at radius 2 is 1.81 bits per heavy atom. The lowest BCUT2D eigenvalue weighted by Gasteiger charge is -2.34. The predicted molar refractivity (Wildman–Crippen MR) is 128 cm³/mol. The molecule has 2 heterocycles. The molecule has 7 nitrogen and oxygen atoms in total. The van der Waals surface area contributed by atoms with Crippen LogP contribution >= 0.6 is 11.3 Å². The number of rotatable bonds is 8. The number of ether oxygens (including phenoxy) is 3. The molecule has 0 spiro atoms. The fourth-order valence-corrected chi connectivity index (χ4v) is 4.87. The van der Waals surface area contributed by atoms with Gasteiger partial charge in [0.1, 0.15) is 27.5 Å². The van der Waals surface area contributed by atoms with Crippen molar-refractivity contribution < 1.29 is 19.0 Å². The standard InChI is InChI=1S/C24H29N3O4S/c1-4-5-15-31-18-8-6-7-17(16-18)23(28)26-11-13-27(14-12-26)24-25-21-19(29-2)9-10-20(30-3)22(21)32-24/h6-10,16H,4-5,11-15H2,1-3H3. The highest BCUT2D eigenvalue weighted by molar-refractivity contribution is 7.22. The van der Waals surface area contributed by atoms with Crippen molar-refractivity contribution in [1.82, 2.24) is 9.88 Å². The first-order valence-electron chi connectivity index (χ1n) is 10.9. The Morgan fingerprint density at radius 3 is 2.53 bits per heavy atom. The first-order valence-corrected chi connectivity index (χ1v) is 11.7. The molecule has 8 heteroatoms. The molecule has 1 amide bonds. The molecular weight excluding hydrogens is 426 g/mol. The number of amides is 1. The maximum atomic E-state index is 13.0. The minimum Gasteiger partial charge on any atom is -0.495 e. The van der Waals surface area contributed by atoms with Gasteiger partial charge in [0.25, 0.3) is 5.91 Å². The van der Waals surface area contributed by atoms with E-state index in [-0.39, 0.29) is 5.91 Å². The highest BCUT2D eigenvalue weighted by atomic mass is 32.1. The SMILES string of the molecule is CCCCOc1cccc(C(=O)N2CCN(c3nc4c(OC)ccc(OC)c4s3)CC2)c1. The summed E-state index contributed by atoms with van der Waals surface area (Å²) in [7, 11) is 3.31. The van der Waals surface area contributed by atoms with Crippen molar-refractivity contribution in [3.05, 3.63) is 42.0 Å². The third-order valence-corrected chi connectivity index (χ3v) is 6.71. The normalized spacial score (nSPS) is 14.0. The van der Waals surface area contributed by atoms with Crippen LogP contribution in [-0.2, 0) is 0 Å². The van der Waals surface area contributed by atoms with Gasteiger partial charge in [0.15, 0.2) is 5.13 Å². The number of unbranched alkanes of at least 4 members (excludes halogenated alkanes) is 1. The third-order valence-electron chi connectivity index (χ3n) is 5.58. The second kappa shape index (κ2) is 10.1. The number of carbonyl (C=O) groups excluding carboxylic acids is 1. The van der Waals surface area contributed by atoms with E-state index in [4.69, 9.17) is 19.2 Å². The molecule has 0 unspecified atom stereocenters. The van der Waals surface area contributed by atoms with E-state index in [0.29, 0.717) is 25.3 Å². The van der Waals surface area contributed by atoms with Crippen LogP contribution in [0.3, 0.4) is 0 Å². The molecule has 0 N–H and O–H groups in total. The average molecular weight is 456 g/mol. The first kappa shape index (κ1) is 22.2. The minimum absolute atomic E-state index is 0.0400. The number of carbonyl (C=O) groups is 1. The summed E-state index contributed by atoms with van der Waals surface area (Å²) in [5.41, 5.74) is 1.48. The molecular formula is C24H29N3O4S. The molecule has 0 aliphatic carbocycles. The van der Waals surface area contributed by atoms with Gasteiger partial charge in [0.05, 0.1) is 20.8 Å². The summed E-state index contributed by atoms with van der Waals surface area (Å²) in [6.07, 6.45) is 2.08. The molecule has 32 heavy (non-hydrogen) atoms. The highest BCUT2D eigenvalue weighted by Crippen LogP contribution is 2.40. The molecule has 1 aliphatic heterocycles. The maximum Gasteiger partial charge on any atom is 0.254 e. The number of nitrogens with zero attached hydrogens (tertiary/aromatic N) is 3. The Balaban J connectivity index is 1.43. The van der Waals surface area contributed by atoms with Gasteiger partial charge < -0.3 is 24.0 Å². The van der Waals surface area contributed by atoms with Crippen LogP contribution in [0.4, 0.5) is 5.13 Å². The molecule has 4 rings (SSSR count). The lowest BCUT2D eigenvalue weighted by atomic mass is 10.1. The second-order valence-electron chi connectivity index (χ2n) is 7.65. The number of fused-ring (bicyclic) bond motifs is 1. The average Bonchev–Trinajstić information content (AvgIpc) is 3.29. The summed E-state index contributed by atoms with van der Waals surface area (Å²) in [5, 5.41) is 0.918. The summed E-state index contributed by atoms with van der Waals surface area (Å²) < 4.78 is 17.7. The Labute approximate surface area is 192 Å². The van der Waals surface area contributed by atoms with Crippen LogP contribution in [-0.4, -0.2) is 62.8 Å². The number of benzene rings is 2. The van der Waals surface area contributed by atoms with Crippen molar-refractivity contribution in [2.75, 3.05) is 51.9 Å². The monoisotopic (exact) mass is 455 g/mol. The van der Waals surface area contributed by atoms with Gasteiger partial charge in [-0.2, -0.15) is 0 Å². The fraction of sp³-hybridized carbons (Fsp3) is 0.417. The van der Waals surface area contributed by atoms with E-state index in [2.05, 4.69) is 11.8 Å². The number of thiazole rings is 1. The van der Waals surface area contributed by atoms with Gasteiger partial charge in [-0.15, -0.1) is 0 Å². The van der Waals surface area contributed by atoms with E-state index in [1.54, 1.807) is 25.6 Å². The summed E-state index contributed by atoms with van der Waals surface area (Å²) in [6, 6.07) is 11.3. The van der Waals surface area contributed by atoms with Crippen molar-refractivity contribution in [3.63, 3.8) is 0 Å². The van der Waals surface area contributed by atoms with E-state index < -0.39 is 0 Å². The molecule has 2 aromatic carbocycles. The van der Waals surface area contributed by atoms with Crippen LogP contribution in [0.25, 0.3) is 10.2 Å². The van der Waals surface area contributed by atoms with Gasteiger partial charge in [-0.05, 0) is 36.8 Å². The summed E-state index contributed by atoms with van der Waals surface area (Å²) in [6.45, 7) is 5.54. The molecule has 1 aliphatic rings. The van der Waals surface area contributed by atoms with Crippen molar-refractivity contribution in [2.24, 2.45) is 0 Å². The number of piperazine rings is 1. The molecule has 0 saturated carbocycles. The second-order valence-corrected chi connectivity index (χ2v) is 8.63. The van der Waals surface area contributed by atoms with Gasteiger partial charge in [-0.1, -0.05) is 30.7 Å². The van der Waals surface area contributed by atoms with Crippen molar-refractivity contribution in [1.29, 1.82) is 0 Å². The lowest BCUT2D eigenvalue weighted by molar-refractivity contribution is 0.0746. The van der Waals surface area contributed by atoms with Gasteiger partial charge >= 0.3 is 0 Å². The topological polar surface area (TPSA) is 64.1 Å². The molecule has 0 atom stereocenters. The third kappa shape index (κ3) is 4.60. The van der Waals surface area contributed by atoms with Gasteiger partial charge in [0, 0.05) is 31.7 Å². The largest absolute Gasteiger partial charge is 0.495 e. The van der Waals surface area contributed by atoms with Crippen molar-refractivity contribution in [2.45, 2.75) is 19.8 Å². The van der Waals surface area contributed by atoms with E-state index in [1.807, 2.05) is 41.3 Å². The van der Waals surface area contributed by atoms with Crippen LogP contribution < -0.4 is 19.1 Å². The van der Waals surface area contributed by atoms with Crippen LogP contribution in [0.15, 0.2) is 36.4 Å². The first-order chi connectivity index (χ1) is 15.6. The zero-order chi connectivity index (χ0) is 22.5. The summed E-state index contributed by atoms with van der Waals surface area (Å²) >= 11 is 1.59. The highest BCUT2D eigenvalue weighted by Gasteiger charge is 2.25. The van der Waals surface area contributed by atoms with E-state index in [1.165, 1.54) is 0 Å². The van der Waals surface area contributed by atoms with Crippen LogP contribution in [0.5, 0.6) is 17.2 Å². The number of hydrogen-bond donors (Lipinski definition) is 0. The molecule has 1 saturated heterocycles. The maximum absolute atomic E-state index is 13.0. The molecule has 1 fully saturated rings. The Morgan fingerprint density at radius 1 is 1.06 bits per heavy atom. The van der Waals surface area contributed by atoms with E-state index in [0.717, 1.165) is 58.5 Å². The van der Waals surface area contributed by atoms with Crippen molar-refractivity contribution in [3.8, 4) is 17.2 Å². The quantitative estimate of drug-likeness (QED) is 0.468. The molecule has 3 aromatic rings. The molecule has 0 radical (unpaired) electrons. The van der Waals surface area contributed by atoms with E-state index >= 15 is 0 Å². The van der Waals surface area contributed by atoms with Crippen molar-refractivity contribution >= 4 is 32.6 Å². The summed E-state index contributed by atoms with van der Waals surface area (Å²) in [4.78, 5) is 22.0. The molecule has 0 bridgehead atoms. The number of methoxy groups -OCH3 is 2.